The smallest absolute Gasteiger partial charge is 0.407 e. The molecule has 3 N–H and O–H groups in total. The van der Waals surface area contributed by atoms with E-state index in [1.54, 1.807) is 6.26 Å². The predicted octanol–water partition coefficient (Wildman–Crippen LogP) is 6.35. The Balaban J connectivity index is 1.35. The average Bonchev–Trinajstić information content (AvgIpc) is 3.49. The van der Waals surface area contributed by atoms with E-state index >= 15 is 0 Å². The molecule has 4 rings (SSSR count). The summed E-state index contributed by atoms with van der Waals surface area (Å²) in [4.78, 5) is 21.1. The van der Waals surface area contributed by atoms with Crippen LogP contribution in [0.4, 0.5) is 22.2 Å². The van der Waals surface area contributed by atoms with E-state index in [-0.39, 0.29) is 0 Å². The molecular formula is C28H41N7O4Si. The molecule has 0 atom stereocenters. The van der Waals surface area contributed by atoms with Gasteiger partial charge in [-0.2, -0.15) is 10.1 Å². The van der Waals surface area contributed by atoms with Gasteiger partial charge in [-0.1, -0.05) is 19.6 Å². The lowest BCUT2D eigenvalue weighted by Crippen LogP contribution is -2.33. The van der Waals surface area contributed by atoms with Gasteiger partial charge < -0.3 is 29.8 Å². The van der Waals surface area contributed by atoms with E-state index in [0.29, 0.717) is 42.7 Å². The molecular weight excluding hydrogens is 526 g/mol. The number of hydrogen-bond acceptors (Lipinski definition) is 9. The van der Waals surface area contributed by atoms with Gasteiger partial charge in [-0.05, 0) is 57.9 Å². The molecule has 0 bridgehead atoms. The zero-order valence-electron chi connectivity index (χ0n) is 24.3. The van der Waals surface area contributed by atoms with Crippen molar-refractivity contribution in [2.45, 2.75) is 71.6 Å². The van der Waals surface area contributed by atoms with E-state index in [2.05, 4.69) is 50.7 Å². The van der Waals surface area contributed by atoms with Gasteiger partial charge in [-0.25, -0.2) is 14.5 Å². The average molecular weight is 568 g/mol. The third kappa shape index (κ3) is 8.68. The van der Waals surface area contributed by atoms with Crippen LogP contribution < -0.4 is 16.0 Å². The number of nitrogens with zero attached hydrogens (tertiary/aromatic N) is 4. The van der Waals surface area contributed by atoms with Crippen molar-refractivity contribution < 1.29 is 18.7 Å². The molecule has 0 aliphatic heterocycles. The molecule has 1 amide bonds. The van der Waals surface area contributed by atoms with Crippen molar-refractivity contribution in [2.75, 3.05) is 30.3 Å². The van der Waals surface area contributed by atoms with E-state index in [1.807, 2.05) is 55.9 Å². The number of benzene rings is 1. The summed E-state index contributed by atoms with van der Waals surface area (Å²) in [7, 11) is -1.14. The van der Waals surface area contributed by atoms with E-state index in [9.17, 15) is 4.79 Å². The Bertz CT molecular complexity index is 1420. The topological polar surface area (TPSA) is 128 Å². The standard InChI is InChI=1S/C28H41N7O4Si/c1-28(2,3)39-27(36)30-13-8-7-12-29-25-24-22(11-14-38-24)33-26(34-25)32-21-10-9-20-18-31-35(23(20)17-21)19-37-15-16-40(4,5)6/h9-11,14,17-18H,7-8,12-13,15-16,19H2,1-6H3,(H,30,36)(H2,29,32,33,34). The normalized spacial score (nSPS) is 12.2. The number of hydrogen-bond donors (Lipinski definition) is 3. The van der Waals surface area contributed by atoms with Crippen LogP contribution in [0.25, 0.3) is 22.0 Å². The minimum absolute atomic E-state index is 0.403. The molecule has 4 aromatic rings. The fraction of sp³-hybridized carbons (Fsp3) is 0.500. The molecule has 0 radical (unpaired) electrons. The van der Waals surface area contributed by atoms with Gasteiger partial charge in [-0.15, -0.1) is 0 Å². The number of nitrogens with one attached hydrogen (secondary N) is 3. The largest absolute Gasteiger partial charge is 0.459 e. The molecule has 3 aromatic heterocycles. The second-order valence-electron chi connectivity index (χ2n) is 12.0. The Morgan fingerprint density at radius 3 is 2.67 bits per heavy atom. The van der Waals surface area contributed by atoms with E-state index in [4.69, 9.17) is 13.9 Å². The highest BCUT2D eigenvalue weighted by Crippen LogP contribution is 2.26. The van der Waals surface area contributed by atoms with Crippen molar-refractivity contribution in [3.05, 3.63) is 36.7 Å². The molecule has 0 spiro atoms. The van der Waals surface area contributed by atoms with Crippen molar-refractivity contribution in [1.29, 1.82) is 0 Å². The lowest BCUT2D eigenvalue weighted by molar-refractivity contribution is 0.0527. The number of furan rings is 1. The summed E-state index contributed by atoms with van der Waals surface area (Å²) in [6.45, 7) is 14.9. The second-order valence-corrected chi connectivity index (χ2v) is 17.6. The minimum Gasteiger partial charge on any atom is -0.459 e. The van der Waals surface area contributed by atoms with Gasteiger partial charge in [0, 0.05) is 44.9 Å². The van der Waals surface area contributed by atoms with Crippen LogP contribution in [0, 0.1) is 0 Å². The fourth-order valence-electron chi connectivity index (χ4n) is 3.91. The van der Waals surface area contributed by atoms with Crippen molar-refractivity contribution in [2.24, 2.45) is 0 Å². The van der Waals surface area contributed by atoms with Crippen LogP contribution in [0.5, 0.6) is 0 Å². The molecule has 0 aliphatic rings. The molecule has 216 valence electrons. The number of carbonyl (C=O) groups is 1. The summed E-state index contributed by atoms with van der Waals surface area (Å²) < 4.78 is 18.7. The van der Waals surface area contributed by atoms with Gasteiger partial charge in [0.05, 0.1) is 18.0 Å². The maximum Gasteiger partial charge on any atom is 0.407 e. The highest BCUT2D eigenvalue weighted by atomic mass is 28.3. The molecule has 12 heteroatoms. The minimum atomic E-state index is -1.14. The molecule has 0 saturated heterocycles. The maximum atomic E-state index is 11.8. The fourth-order valence-corrected chi connectivity index (χ4v) is 4.67. The number of ether oxygens (including phenoxy) is 2. The summed E-state index contributed by atoms with van der Waals surface area (Å²) in [6, 6.07) is 8.95. The highest BCUT2D eigenvalue weighted by molar-refractivity contribution is 6.76. The lowest BCUT2D eigenvalue weighted by Gasteiger charge is -2.19. The third-order valence-electron chi connectivity index (χ3n) is 5.98. The Morgan fingerprint density at radius 2 is 1.90 bits per heavy atom. The Kier molecular flexibility index (Phi) is 9.31. The Hall–Kier alpha value is -3.64. The van der Waals surface area contributed by atoms with Crippen molar-refractivity contribution >= 4 is 53.6 Å². The maximum absolute atomic E-state index is 11.8. The first-order valence-corrected chi connectivity index (χ1v) is 17.4. The SMILES string of the molecule is CC(C)(C)OC(=O)NCCCCNc1nc(Nc2ccc3cnn(COCC[Si](C)(C)C)c3c2)nc2ccoc12. The second kappa shape index (κ2) is 12.7. The van der Waals surface area contributed by atoms with Crippen LogP contribution in [0.1, 0.15) is 33.6 Å². The molecule has 3 heterocycles. The number of carbonyl (C=O) groups excluding carboxylic acids is 1. The number of aromatic nitrogens is 4. The van der Waals surface area contributed by atoms with Gasteiger partial charge in [0.2, 0.25) is 5.95 Å². The van der Waals surface area contributed by atoms with Gasteiger partial charge in [0.25, 0.3) is 0 Å². The Labute approximate surface area is 236 Å². The summed E-state index contributed by atoms with van der Waals surface area (Å²) >= 11 is 0. The van der Waals surface area contributed by atoms with Gasteiger partial charge in [0.15, 0.2) is 11.4 Å². The number of fused-ring (bicyclic) bond motifs is 2. The van der Waals surface area contributed by atoms with Crippen molar-refractivity contribution in [1.82, 2.24) is 25.1 Å². The van der Waals surface area contributed by atoms with Crippen LogP contribution in [-0.4, -0.2) is 59.2 Å². The summed E-state index contributed by atoms with van der Waals surface area (Å²) in [6.07, 6.45) is 4.66. The molecule has 0 unspecified atom stereocenters. The number of rotatable bonds is 13. The molecule has 11 nitrogen and oxygen atoms in total. The zero-order valence-corrected chi connectivity index (χ0v) is 25.3. The van der Waals surface area contributed by atoms with Crippen LogP contribution in [0.15, 0.2) is 41.1 Å². The summed E-state index contributed by atoms with van der Waals surface area (Å²) in [5.41, 5.74) is 2.61. The number of alkyl carbamates (subject to hydrolysis) is 1. The van der Waals surface area contributed by atoms with E-state index in [1.165, 1.54) is 0 Å². The van der Waals surface area contributed by atoms with Crippen molar-refractivity contribution in [3.63, 3.8) is 0 Å². The quantitative estimate of drug-likeness (QED) is 0.125. The first kappa shape index (κ1) is 29.3. The predicted molar refractivity (Wildman–Crippen MR) is 161 cm³/mol. The summed E-state index contributed by atoms with van der Waals surface area (Å²) in [5.74, 6) is 1.07. The first-order valence-electron chi connectivity index (χ1n) is 13.7. The molecule has 0 aliphatic carbocycles. The van der Waals surface area contributed by atoms with Crippen LogP contribution in [0.3, 0.4) is 0 Å². The molecule has 40 heavy (non-hydrogen) atoms. The number of amides is 1. The van der Waals surface area contributed by atoms with Crippen LogP contribution in [-0.2, 0) is 16.2 Å². The van der Waals surface area contributed by atoms with Gasteiger partial charge in [0.1, 0.15) is 17.8 Å². The zero-order chi connectivity index (χ0) is 28.8. The monoisotopic (exact) mass is 567 g/mol. The van der Waals surface area contributed by atoms with Crippen LogP contribution in [0.2, 0.25) is 25.7 Å². The molecule has 0 fully saturated rings. The Morgan fingerprint density at radius 1 is 1.10 bits per heavy atom. The molecule has 1 aromatic carbocycles. The number of unbranched alkanes of at least 4 members (excludes halogenated alkanes) is 1. The van der Waals surface area contributed by atoms with E-state index < -0.39 is 19.8 Å². The van der Waals surface area contributed by atoms with Crippen molar-refractivity contribution in [3.8, 4) is 0 Å². The first-order chi connectivity index (χ1) is 19.0. The van der Waals surface area contributed by atoms with Gasteiger partial charge in [-0.3, -0.25) is 0 Å². The summed E-state index contributed by atoms with van der Waals surface area (Å²) in [5, 5.41) is 15.0. The third-order valence-corrected chi connectivity index (χ3v) is 7.68. The molecule has 0 saturated carbocycles. The van der Waals surface area contributed by atoms with Gasteiger partial charge >= 0.3 is 6.09 Å². The van der Waals surface area contributed by atoms with Crippen LogP contribution >= 0.6 is 0 Å². The van der Waals surface area contributed by atoms with E-state index in [0.717, 1.165) is 42.1 Å². The lowest BCUT2D eigenvalue weighted by atomic mass is 10.2. The highest BCUT2D eigenvalue weighted by Gasteiger charge is 2.16. The number of anilines is 3.